The fourth-order valence-electron chi connectivity index (χ4n) is 2.00. The number of nitrogens with one attached hydrogen (secondary N) is 1. The third-order valence-electron chi connectivity index (χ3n) is 3.20. The van der Waals surface area contributed by atoms with Crippen LogP contribution < -0.4 is 5.32 Å². The van der Waals surface area contributed by atoms with Crippen LogP contribution in [0.25, 0.3) is 0 Å². The summed E-state index contributed by atoms with van der Waals surface area (Å²) in [7, 11) is 1.28. The van der Waals surface area contributed by atoms with Crippen LogP contribution >= 0.6 is 0 Å². The van der Waals surface area contributed by atoms with E-state index in [2.05, 4.69) is 10.1 Å². The van der Waals surface area contributed by atoms with E-state index in [0.717, 1.165) is 6.42 Å². The van der Waals surface area contributed by atoms with Crippen LogP contribution in [-0.2, 0) is 4.74 Å². The van der Waals surface area contributed by atoms with Gasteiger partial charge in [-0.05, 0) is 24.5 Å². The number of hydrogen-bond donors (Lipinski definition) is 1. The van der Waals surface area contributed by atoms with Crippen molar-refractivity contribution >= 4 is 17.3 Å². The predicted molar refractivity (Wildman–Crippen MR) is 77.0 cm³/mol. The van der Waals surface area contributed by atoms with Gasteiger partial charge < -0.3 is 10.1 Å². The standard InChI is InChI=1S/C14H20N2O4/c1-5-11(9(2)3)15-12-8-10(14(17)20-4)6-7-13(12)16(18)19/h6-9,11,15H,5H2,1-4H3. The molecule has 1 aromatic carbocycles. The number of nitro benzene ring substituents is 1. The average molecular weight is 280 g/mol. The van der Waals surface area contributed by atoms with Crippen LogP contribution in [0.15, 0.2) is 18.2 Å². The Bertz CT molecular complexity index is 500. The highest BCUT2D eigenvalue weighted by Crippen LogP contribution is 2.28. The zero-order valence-electron chi connectivity index (χ0n) is 12.2. The van der Waals surface area contributed by atoms with E-state index in [4.69, 9.17) is 0 Å². The Balaban J connectivity index is 3.18. The first-order chi connectivity index (χ1) is 9.40. The van der Waals surface area contributed by atoms with Gasteiger partial charge in [-0.25, -0.2) is 4.79 Å². The predicted octanol–water partition coefficient (Wildman–Crippen LogP) is 3.23. The number of benzene rings is 1. The second-order valence-corrected chi connectivity index (χ2v) is 4.88. The number of methoxy groups -OCH3 is 1. The van der Waals surface area contributed by atoms with E-state index in [1.807, 2.05) is 20.8 Å². The van der Waals surface area contributed by atoms with E-state index in [1.54, 1.807) is 0 Å². The SMILES string of the molecule is CCC(Nc1cc(C(=O)OC)ccc1[N+](=O)[O-])C(C)C. The highest BCUT2D eigenvalue weighted by Gasteiger charge is 2.20. The number of hydrogen-bond acceptors (Lipinski definition) is 5. The zero-order valence-corrected chi connectivity index (χ0v) is 12.2. The van der Waals surface area contributed by atoms with Gasteiger partial charge >= 0.3 is 5.97 Å². The second-order valence-electron chi connectivity index (χ2n) is 4.88. The van der Waals surface area contributed by atoms with Crippen LogP contribution in [0.1, 0.15) is 37.6 Å². The smallest absolute Gasteiger partial charge is 0.337 e. The molecule has 0 radical (unpaired) electrons. The molecule has 0 aliphatic rings. The minimum Gasteiger partial charge on any atom is -0.465 e. The molecule has 6 nitrogen and oxygen atoms in total. The molecule has 1 rings (SSSR count). The number of carbonyl (C=O) groups excluding carboxylic acids is 1. The van der Waals surface area contributed by atoms with E-state index < -0.39 is 10.9 Å². The van der Waals surface area contributed by atoms with Crippen molar-refractivity contribution in [2.75, 3.05) is 12.4 Å². The van der Waals surface area contributed by atoms with E-state index in [9.17, 15) is 14.9 Å². The lowest BCUT2D eigenvalue weighted by atomic mass is 10.0. The molecule has 0 heterocycles. The molecule has 1 atom stereocenters. The molecule has 6 heteroatoms. The van der Waals surface area contributed by atoms with Gasteiger partial charge in [-0.15, -0.1) is 0 Å². The summed E-state index contributed by atoms with van der Waals surface area (Å²) in [5.74, 6) is -0.193. The van der Waals surface area contributed by atoms with Crippen molar-refractivity contribution in [3.05, 3.63) is 33.9 Å². The van der Waals surface area contributed by atoms with Gasteiger partial charge in [0.2, 0.25) is 0 Å². The Morgan fingerprint density at radius 3 is 2.55 bits per heavy atom. The number of nitrogens with zero attached hydrogens (tertiary/aromatic N) is 1. The maximum absolute atomic E-state index is 11.5. The highest BCUT2D eigenvalue weighted by atomic mass is 16.6. The number of anilines is 1. The van der Waals surface area contributed by atoms with Crippen LogP contribution in [0.2, 0.25) is 0 Å². The monoisotopic (exact) mass is 280 g/mol. The summed E-state index contributed by atoms with van der Waals surface area (Å²) in [5, 5.41) is 14.2. The van der Waals surface area contributed by atoms with Gasteiger partial charge in [0.15, 0.2) is 0 Å². The first-order valence-electron chi connectivity index (χ1n) is 6.54. The van der Waals surface area contributed by atoms with Gasteiger partial charge in [0.25, 0.3) is 5.69 Å². The fraction of sp³-hybridized carbons (Fsp3) is 0.500. The number of esters is 1. The third kappa shape index (κ3) is 3.69. The van der Waals surface area contributed by atoms with Crippen molar-refractivity contribution in [2.24, 2.45) is 5.92 Å². The molecular weight excluding hydrogens is 260 g/mol. The largest absolute Gasteiger partial charge is 0.465 e. The molecule has 1 N–H and O–H groups in total. The lowest BCUT2D eigenvalue weighted by Gasteiger charge is -2.22. The first-order valence-corrected chi connectivity index (χ1v) is 6.54. The maximum Gasteiger partial charge on any atom is 0.337 e. The summed E-state index contributed by atoms with van der Waals surface area (Å²) in [4.78, 5) is 22.1. The van der Waals surface area contributed by atoms with Crippen molar-refractivity contribution in [3.8, 4) is 0 Å². The first kappa shape index (κ1) is 15.9. The van der Waals surface area contributed by atoms with E-state index in [-0.39, 0.29) is 11.7 Å². The summed E-state index contributed by atoms with van der Waals surface area (Å²) < 4.78 is 4.63. The Kier molecular flexibility index (Phi) is 5.49. The Labute approximate surface area is 118 Å². The number of ether oxygens (including phenoxy) is 1. The van der Waals surface area contributed by atoms with Gasteiger partial charge in [0.05, 0.1) is 17.6 Å². The second kappa shape index (κ2) is 6.88. The van der Waals surface area contributed by atoms with Crippen molar-refractivity contribution in [2.45, 2.75) is 33.2 Å². The van der Waals surface area contributed by atoms with Crippen LogP contribution in [-0.4, -0.2) is 24.0 Å². The van der Waals surface area contributed by atoms with Crippen LogP contribution in [0.4, 0.5) is 11.4 Å². The van der Waals surface area contributed by atoms with Crippen molar-refractivity contribution < 1.29 is 14.5 Å². The maximum atomic E-state index is 11.5. The number of carbonyl (C=O) groups is 1. The summed E-state index contributed by atoms with van der Waals surface area (Å²) in [6.45, 7) is 6.09. The Morgan fingerprint density at radius 2 is 2.10 bits per heavy atom. The molecule has 1 unspecified atom stereocenters. The van der Waals surface area contributed by atoms with E-state index in [0.29, 0.717) is 17.2 Å². The highest BCUT2D eigenvalue weighted by molar-refractivity contribution is 5.91. The van der Waals surface area contributed by atoms with Gasteiger partial charge in [0, 0.05) is 12.1 Å². The molecule has 1 aromatic rings. The normalized spacial score (nSPS) is 12.1. The average Bonchev–Trinajstić information content (AvgIpc) is 2.42. The molecule has 0 fully saturated rings. The minimum atomic E-state index is -0.513. The van der Waals surface area contributed by atoms with Crippen LogP contribution in [0.5, 0.6) is 0 Å². The summed E-state index contributed by atoms with van der Waals surface area (Å²) in [5.41, 5.74) is 0.592. The third-order valence-corrected chi connectivity index (χ3v) is 3.20. The molecule has 0 spiro atoms. The molecular formula is C14H20N2O4. The molecule has 0 aliphatic carbocycles. The van der Waals surface area contributed by atoms with E-state index >= 15 is 0 Å². The van der Waals surface area contributed by atoms with Crippen LogP contribution in [0, 0.1) is 16.0 Å². The molecule has 0 amide bonds. The summed E-state index contributed by atoms with van der Waals surface area (Å²) in [6.07, 6.45) is 0.831. The lowest BCUT2D eigenvalue weighted by Crippen LogP contribution is -2.25. The number of nitro groups is 1. The Morgan fingerprint density at radius 1 is 1.45 bits per heavy atom. The number of rotatable bonds is 6. The van der Waals surface area contributed by atoms with Crippen molar-refractivity contribution in [1.82, 2.24) is 0 Å². The quantitative estimate of drug-likeness (QED) is 0.491. The molecule has 0 aliphatic heterocycles. The zero-order chi connectivity index (χ0) is 15.3. The van der Waals surface area contributed by atoms with Gasteiger partial charge in [0.1, 0.15) is 5.69 Å². The van der Waals surface area contributed by atoms with Crippen molar-refractivity contribution in [3.63, 3.8) is 0 Å². The molecule has 0 bridgehead atoms. The minimum absolute atomic E-state index is 0.0447. The Hall–Kier alpha value is -2.11. The molecule has 20 heavy (non-hydrogen) atoms. The molecule has 110 valence electrons. The summed E-state index contributed by atoms with van der Waals surface area (Å²) in [6, 6.07) is 4.28. The van der Waals surface area contributed by atoms with Gasteiger partial charge in [-0.1, -0.05) is 20.8 Å². The molecule has 0 saturated carbocycles. The summed E-state index contributed by atoms with van der Waals surface area (Å²) >= 11 is 0. The van der Waals surface area contributed by atoms with Gasteiger partial charge in [-0.3, -0.25) is 10.1 Å². The van der Waals surface area contributed by atoms with Gasteiger partial charge in [-0.2, -0.15) is 0 Å². The van der Waals surface area contributed by atoms with E-state index in [1.165, 1.54) is 25.3 Å². The van der Waals surface area contributed by atoms with Crippen LogP contribution in [0.3, 0.4) is 0 Å². The fourth-order valence-corrected chi connectivity index (χ4v) is 2.00. The topological polar surface area (TPSA) is 81.5 Å². The molecule has 0 aromatic heterocycles. The molecule has 0 saturated heterocycles. The lowest BCUT2D eigenvalue weighted by molar-refractivity contribution is -0.384. The van der Waals surface area contributed by atoms with Crippen molar-refractivity contribution in [1.29, 1.82) is 0 Å².